The van der Waals surface area contributed by atoms with Crippen molar-refractivity contribution >= 4 is 28.4 Å². The van der Waals surface area contributed by atoms with E-state index in [4.69, 9.17) is 4.74 Å². The van der Waals surface area contributed by atoms with Crippen molar-refractivity contribution in [2.24, 2.45) is 0 Å². The SMILES string of the molecule is O=C(Nc1cccc(Oc2ccccc2)c1)Nc1cccc(-c2[nH]nc3ncccc23)c1. The summed E-state index contributed by atoms with van der Waals surface area (Å²) in [5.41, 5.74) is 3.68. The molecule has 0 fully saturated rings. The second kappa shape index (κ2) is 8.61. The minimum atomic E-state index is -0.352. The number of benzene rings is 3. The summed E-state index contributed by atoms with van der Waals surface area (Å²) in [5.74, 6) is 1.36. The fraction of sp³-hybridized carbons (Fsp3) is 0. The van der Waals surface area contributed by atoms with E-state index in [0.717, 1.165) is 22.4 Å². The third kappa shape index (κ3) is 4.27. The molecule has 3 aromatic carbocycles. The normalized spacial score (nSPS) is 10.6. The summed E-state index contributed by atoms with van der Waals surface area (Å²) >= 11 is 0. The lowest BCUT2D eigenvalue weighted by Crippen LogP contribution is -2.19. The number of nitrogens with one attached hydrogen (secondary N) is 3. The summed E-state index contributed by atoms with van der Waals surface area (Å²) in [6, 6.07) is 27.7. The molecular weight excluding hydrogens is 402 g/mol. The van der Waals surface area contributed by atoms with E-state index >= 15 is 0 Å². The lowest BCUT2D eigenvalue weighted by atomic mass is 10.1. The third-order valence-electron chi connectivity index (χ3n) is 4.81. The van der Waals surface area contributed by atoms with E-state index in [-0.39, 0.29) is 6.03 Å². The van der Waals surface area contributed by atoms with Crippen molar-refractivity contribution in [3.63, 3.8) is 0 Å². The van der Waals surface area contributed by atoms with Crippen LogP contribution in [0.4, 0.5) is 16.2 Å². The molecular formula is C25H19N5O2. The fourth-order valence-electron chi connectivity index (χ4n) is 3.38. The molecule has 0 saturated carbocycles. The van der Waals surface area contributed by atoms with Gasteiger partial charge in [-0.2, -0.15) is 5.10 Å². The van der Waals surface area contributed by atoms with Crippen LogP contribution in [0.15, 0.2) is 97.2 Å². The molecule has 2 heterocycles. The van der Waals surface area contributed by atoms with Gasteiger partial charge >= 0.3 is 6.03 Å². The highest BCUT2D eigenvalue weighted by molar-refractivity contribution is 6.00. The Morgan fingerprint density at radius 3 is 2.38 bits per heavy atom. The van der Waals surface area contributed by atoms with Gasteiger partial charge in [0, 0.05) is 34.6 Å². The lowest BCUT2D eigenvalue weighted by Gasteiger charge is -2.11. The highest BCUT2D eigenvalue weighted by Crippen LogP contribution is 2.27. The van der Waals surface area contributed by atoms with Gasteiger partial charge in [-0.05, 0) is 48.5 Å². The molecule has 0 aliphatic carbocycles. The molecule has 0 bridgehead atoms. The van der Waals surface area contributed by atoms with Crippen LogP contribution in [0.3, 0.4) is 0 Å². The Morgan fingerprint density at radius 2 is 1.53 bits per heavy atom. The topological polar surface area (TPSA) is 91.9 Å². The van der Waals surface area contributed by atoms with E-state index in [1.165, 1.54) is 0 Å². The number of hydrogen-bond acceptors (Lipinski definition) is 4. The number of H-pyrrole nitrogens is 1. The zero-order valence-electron chi connectivity index (χ0n) is 16.9. The van der Waals surface area contributed by atoms with Gasteiger partial charge in [-0.25, -0.2) is 9.78 Å². The molecule has 7 heteroatoms. The van der Waals surface area contributed by atoms with Crippen molar-refractivity contribution < 1.29 is 9.53 Å². The molecule has 0 atom stereocenters. The molecule has 5 rings (SSSR count). The molecule has 156 valence electrons. The fourth-order valence-corrected chi connectivity index (χ4v) is 3.38. The molecule has 2 aromatic heterocycles. The lowest BCUT2D eigenvalue weighted by molar-refractivity contribution is 0.262. The van der Waals surface area contributed by atoms with Crippen LogP contribution in [-0.2, 0) is 0 Å². The Morgan fingerprint density at radius 1 is 0.781 bits per heavy atom. The minimum absolute atomic E-state index is 0.352. The second-order valence-corrected chi connectivity index (χ2v) is 7.08. The van der Waals surface area contributed by atoms with Crippen molar-refractivity contribution in [3.8, 4) is 22.8 Å². The number of urea groups is 1. The Kier molecular flexibility index (Phi) is 5.20. The highest BCUT2D eigenvalue weighted by Gasteiger charge is 2.10. The predicted octanol–water partition coefficient (Wildman–Crippen LogP) is 6.06. The van der Waals surface area contributed by atoms with Gasteiger partial charge in [-0.3, -0.25) is 5.10 Å². The minimum Gasteiger partial charge on any atom is -0.457 e. The first kappa shape index (κ1) is 19.3. The molecule has 3 N–H and O–H groups in total. The summed E-state index contributed by atoms with van der Waals surface area (Å²) in [6.07, 6.45) is 1.70. The first-order valence-corrected chi connectivity index (χ1v) is 10.1. The summed E-state index contributed by atoms with van der Waals surface area (Å²) in [6.45, 7) is 0. The number of carbonyl (C=O) groups excluding carboxylic acids is 1. The molecule has 0 radical (unpaired) electrons. The number of para-hydroxylation sites is 1. The Hall–Kier alpha value is -4.65. The van der Waals surface area contributed by atoms with Gasteiger partial charge in [0.2, 0.25) is 0 Å². The summed E-state index contributed by atoms with van der Waals surface area (Å²) in [7, 11) is 0. The van der Waals surface area contributed by atoms with Gasteiger partial charge in [0.1, 0.15) is 11.5 Å². The molecule has 7 nitrogen and oxygen atoms in total. The average Bonchev–Trinajstić information content (AvgIpc) is 3.24. The summed E-state index contributed by atoms with van der Waals surface area (Å²) < 4.78 is 5.82. The number of aromatic nitrogens is 3. The van der Waals surface area contributed by atoms with Crippen molar-refractivity contribution in [1.82, 2.24) is 15.2 Å². The summed E-state index contributed by atoms with van der Waals surface area (Å²) in [4.78, 5) is 16.8. The molecule has 5 aromatic rings. The van der Waals surface area contributed by atoms with Crippen LogP contribution in [0, 0.1) is 0 Å². The predicted molar refractivity (Wildman–Crippen MR) is 125 cm³/mol. The smallest absolute Gasteiger partial charge is 0.323 e. The number of carbonyl (C=O) groups is 1. The number of nitrogens with zero attached hydrogens (tertiary/aromatic N) is 2. The quantitative estimate of drug-likeness (QED) is 0.322. The van der Waals surface area contributed by atoms with E-state index < -0.39 is 0 Å². The second-order valence-electron chi connectivity index (χ2n) is 7.08. The standard InChI is InChI=1S/C25H19N5O2/c31-25(28-19-9-5-12-21(16-19)32-20-10-2-1-3-11-20)27-18-8-4-7-17(15-18)23-22-13-6-14-26-24(22)30-29-23/h1-16H,(H,26,29,30)(H2,27,28,31). The molecule has 0 saturated heterocycles. The summed E-state index contributed by atoms with van der Waals surface area (Å²) in [5, 5.41) is 13.9. The van der Waals surface area contributed by atoms with E-state index in [2.05, 4.69) is 25.8 Å². The number of rotatable bonds is 5. The van der Waals surface area contributed by atoms with E-state index in [9.17, 15) is 4.79 Å². The molecule has 2 amide bonds. The number of fused-ring (bicyclic) bond motifs is 1. The van der Waals surface area contributed by atoms with Crippen LogP contribution >= 0.6 is 0 Å². The number of anilines is 2. The van der Waals surface area contributed by atoms with Crippen molar-refractivity contribution in [2.75, 3.05) is 10.6 Å². The highest BCUT2D eigenvalue weighted by atomic mass is 16.5. The number of hydrogen-bond donors (Lipinski definition) is 3. The van der Waals surface area contributed by atoms with Crippen LogP contribution in [0.25, 0.3) is 22.3 Å². The average molecular weight is 421 g/mol. The number of pyridine rings is 1. The number of ether oxygens (including phenoxy) is 1. The van der Waals surface area contributed by atoms with Gasteiger partial charge < -0.3 is 15.4 Å². The molecule has 0 aliphatic rings. The van der Waals surface area contributed by atoms with Gasteiger partial charge in [-0.1, -0.05) is 36.4 Å². The van der Waals surface area contributed by atoms with Gasteiger partial charge in [0.15, 0.2) is 5.65 Å². The van der Waals surface area contributed by atoms with E-state index in [1.807, 2.05) is 78.9 Å². The van der Waals surface area contributed by atoms with E-state index in [1.54, 1.807) is 18.3 Å². The van der Waals surface area contributed by atoms with Crippen LogP contribution in [0.1, 0.15) is 0 Å². The Labute approximate surface area is 184 Å². The Balaban J connectivity index is 1.29. The van der Waals surface area contributed by atoms with Crippen molar-refractivity contribution in [3.05, 3.63) is 97.2 Å². The van der Waals surface area contributed by atoms with Gasteiger partial charge in [-0.15, -0.1) is 0 Å². The van der Waals surface area contributed by atoms with Crippen molar-refractivity contribution in [2.45, 2.75) is 0 Å². The number of amides is 2. The maximum atomic E-state index is 12.6. The third-order valence-corrected chi connectivity index (χ3v) is 4.81. The largest absolute Gasteiger partial charge is 0.457 e. The molecule has 0 spiro atoms. The first-order valence-electron chi connectivity index (χ1n) is 10.1. The number of aromatic amines is 1. The van der Waals surface area contributed by atoms with Gasteiger partial charge in [0.25, 0.3) is 0 Å². The zero-order chi connectivity index (χ0) is 21.8. The van der Waals surface area contributed by atoms with Crippen LogP contribution in [0.5, 0.6) is 11.5 Å². The monoisotopic (exact) mass is 421 g/mol. The van der Waals surface area contributed by atoms with Crippen molar-refractivity contribution in [1.29, 1.82) is 0 Å². The molecule has 0 unspecified atom stereocenters. The maximum Gasteiger partial charge on any atom is 0.323 e. The van der Waals surface area contributed by atoms with E-state index in [0.29, 0.717) is 22.8 Å². The molecule has 0 aliphatic heterocycles. The molecule has 32 heavy (non-hydrogen) atoms. The zero-order valence-corrected chi connectivity index (χ0v) is 16.9. The first-order chi connectivity index (χ1) is 15.7. The van der Waals surface area contributed by atoms with Gasteiger partial charge in [0.05, 0.1) is 5.69 Å². The van der Waals surface area contributed by atoms with Crippen LogP contribution in [0.2, 0.25) is 0 Å². The Bertz CT molecular complexity index is 1380. The van der Waals surface area contributed by atoms with Crippen LogP contribution < -0.4 is 15.4 Å². The maximum absolute atomic E-state index is 12.6. The van der Waals surface area contributed by atoms with Crippen LogP contribution in [-0.4, -0.2) is 21.2 Å².